The van der Waals surface area contributed by atoms with Gasteiger partial charge in [0, 0.05) is 26.6 Å². The lowest BCUT2D eigenvalue weighted by Crippen LogP contribution is -2.39. The van der Waals surface area contributed by atoms with E-state index in [1.807, 2.05) is 11.7 Å². The van der Waals surface area contributed by atoms with Gasteiger partial charge in [-0.25, -0.2) is 0 Å². The summed E-state index contributed by atoms with van der Waals surface area (Å²) < 4.78 is 7.59. The summed E-state index contributed by atoms with van der Waals surface area (Å²) in [5.41, 5.74) is 2.37. The van der Waals surface area contributed by atoms with E-state index in [4.69, 9.17) is 4.74 Å². The molecule has 1 fully saturated rings. The molecule has 2 heterocycles. The van der Waals surface area contributed by atoms with E-state index < -0.39 is 0 Å². The van der Waals surface area contributed by atoms with Gasteiger partial charge >= 0.3 is 0 Å². The van der Waals surface area contributed by atoms with Gasteiger partial charge in [-0.1, -0.05) is 11.3 Å². The lowest BCUT2D eigenvalue weighted by atomic mass is 10.0. The van der Waals surface area contributed by atoms with Crippen LogP contribution in [0.3, 0.4) is 0 Å². The average Bonchev–Trinajstić information content (AvgIpc) is 3.15. The van der Waals surface area contributed by atoms with E-state index in [2.05, 4.69) is 21.8 Å². The third-order valence-electron chi connectivity index (χ3n) is 4.07. The van der Waals surface area contributed by atoms with E-state index in [0.717, 1.165) is 24.6 Å². The van der Waals surface area contributed by atoms with Crippen LogP contribution in [0.25, 0.3) is 0 Å². The van der Waals surface area contributed by atoms with Crippen LogP contribution in [0.1, 0.15) is 30.3 Å². The number of aryl methyl sites for hydroxylation is 1. The second-order valence-corrected chi connectivity index (χ2v) is 5.58. The third kappa shape index (κ3) is 2.72. The number of aromatic nitrogens is 3. The van der Waals surface area contributed by atoms with Crippen LogP contribution in [0.4, 0.5) is 0 Å². The molecule has 1 aliphatic carbocycles. The zero-order valence-corrected chi connectivity index (χ0v) is 11.6. The van der Waals surface area contributed by atoms with Gasteiger partial charge in [0.1, 0.15) is 5.69 Å². The van der Waals surface area contributed by atoms with E-state index >= 15 is 0 Å². The second-order valence-electron chi connectivity index (χ2n) is 5.58. The zero-order chi connectivity index (χ0) is 13.2. The quantitative estimate of drug-likeness (QED) is 0.573. The highest BCUT2D eigenvalue weighted by Crippen LogP contribution is 2.35. The fraction of sp³-hybridized carbons (Fsp3) is 0.714. The van der Waals surface area contributed by atoms with Crippen LogP contribution < -0.4 is 0 Å². The van der Waals surface area contributed by atoms with E-state index in [1.54, 1.807) is 6.08 Å². The van der Waals surface area contributed by atoms with Crippen molar-refractivity contribution in [1.82, 2.24) is 19.9 Å². The molecular formula is C14H22N4O. The molecule has 3 rings (SSSR count). The van der Waals surface area contributed by atoms with Crippen molar-refractivity contribution in [2.45, 2.75) is 25.3 Å². The maximum atomic E-state index is 5.68. The first-order chi connectivity index (χ1) is 9.29. The van der Waals surface area contributed by atoms with Crippen molar-refractivity contribution in [3.8, 4) is 0 Å². The molecule has 0 N–H and O–H groups in total. The minimum Gasteiger partial charge on any atom is -0.375 e. The number of fused-ring (bicyclic) bond motifs is 1. The number of hydrogen-bond donors (Lipinski definition) is 0. The summed E-state index contributed by atoms with van der Waals surface area (Å²) in [5.74, 6) is 0.889. The maximum Gasteiger partial charge on any atom is 0.105 e. The number of nitrogens with zero attached hydrogens (tertiary/aromatic N) is 4. The molecule has 0 aromatic carbocycles. The Balaban J connectivity index is 1.75. The highest BCUT2D eigenvalue weighted by molar-refractivity contribution is 5.19. The third-order valence-corrected chi connectivity index (χ3v) is 4.07. The molecule has 0 amide bonds. The van der Waals surface area contributed by atoms with Gasteiger partial charge < -0.3 is 4.74 Å². The topological polar surface area (TPSA) is 43.2 Å². The molecule has 1 aromatic heterocycles. The predicted molar refractivity (Wildman–Crippen MR) is 72.8 cm³/mol. The summed E-state index contributed by atoms with van der Waals surface area (Å²) in [5, 5.41) is 8.53. The van der Waals surface area contributed by atoms with Crippen molar-refractivity contribution < 1.29 is 4.74 Å². The normalized spacial score (nSPS) is 23.3. The summed E-state index contributed by atoms with van der Waals surface area (Å²) in [4.78, 5) is 2.53. The van der Waals surface area contributed by atoms with Crippen LogP contribution in [0, 0.1) is 5.92 Å². The molecule has 1 aliphatic heterocycles. The Morgan fingerprint density at radius 1 is 1.47 bits per heavy atom. The van der Waals surface area contributed by atoms with Crippen LogP contribution in [-0.4, -0.2) is 46.2 Å². The first-order valence-corrected chi connectivity index (χ1v) is 7.10. The van der Waals surface area contributed by atoms with Gasteiger partial charge in [0.05, 0.1) is 24.9 Å². The summed E-state index contributed by atoms with van der Waals surface area (Å²) in [6.45, 7) is 7.25. The largest absolute Gasteiger partial charge is 0.375 e. The fourth-order valence-corrected chi connectivity index (χ4v) is 2.82. The summed E-state index contributed by atoms with van der Waals surface area (Å²) in [6.07, 6.45) is 5.60. The monoisotopic (exact) mass is 262 g/mol. The second kappa shape index (κ2) is 5.43. The van der Waals surface area contributed by atoms with E-state index in [1.165, 1.54) is 25.1 Å². The number of hydrogen-bond acceptors (Lipinski definition) is 4. The van der Waals surface area contributed by atoms with Crippen LogP contribution in [0.2, 0.25) is 0 Å². The van der Waals surface area contributed by atoms with Gasteiger partial charge in [-0.3, -0.25) is 9.58 Å². The molecule has 0 spiro atoms. The van der Waals surface area contributed by atoms with Crippen molar-refractivity contribution in [3.05, 3.63) is 24.0 Å². The molecule has 1 unspecified atom stereocenters. The van der Waals surface area contributed by atoms with Crippen LogP contribution in [-0.2, 0) is 18.2 Å². The zero-order valence-electron chi connectivity index (χ0n) is 11.6. The number of rotatable bonds is 6. The smallest absolute Gasteiger partial charge is 0.105 e. The summed E-state index contributed by atoms with van der Waals surface area (Å²) in [6, 6.07) is 0.262. The van der Waals surface area contributed by atoms with Crippen molar-refractivity contribution >= 4 is 0 Å². The van der Waals surface area contributed by atoms with Crippen LogP contribution >= 0.6 is 0 Å². The van der Waals surface area contributed by atoms with E-state index in [0.29, 0.717) is 13.2 Å². The molecule has 5 nitrogen and oxygen atoms in total. The molecule has 0 radical (unpaired) electrons. The molecule has 19 heavy (non-hydrogen) atoms. The molecule has 104 valence electrons. The number of ether oxygens (including phenoxy) is 1. The molecular weight excluding hydrogens is 240 g/mol. The standard InChI is InChI=1S/C14H22N4O/c1-3-8-19-10-13-14-12(17(2)16-15-14)6-7-18(13)9-11-4-5-11/h3,11,13H,1,4-10H2,2H3. The first kappa shape index (κ1) is 12.8. The minimum absolute atomic E-state index is 0.262. The molecule has 2 aliphatic rings. The molecule has 1 aromatic rings. The Labute approximate surface area is 114 Å². The first-order valence-electron chi connectivity index (χ1n) is 7.10. The average molecular weight is 262 g/mol. The van der Waals surface area contributed by atoms with Gasteiger partial charge in [0.15, 0.2) is 0 Å². The Hall–Kier alpha value is -1.20. The van der Waals surface area contributed by atoms with Crippen molar-refractivity contribution in [3.63, 3.8) is 0 Å². The van der Waals surface area contributed by atoms with Gasteiger partial charge in [-0.2, -0.15) is 0 Å². The Bertz CT molecular complexity index is 452. The Morgan fingerprint density at radius 3 is 3.05 bits per heavy atom. The minimum atomic E-state index is 0.262. The molecule has 1 saturated carbocycles. The van der Waals surface area contributed by atoms with Crippen LogP contribution in [0.5, 0.6) is 0 Å². The van der Waals surface area contributed by atoms with Gasteiger partial charge in [0.2, 0.25) is 0 Å². The fourth-order valence-electron chi connectivity index (χ4n) is 2.82. The molecule has 0 bridgehead atoms. The Kier molecular flexibility index (Phi) is 3.66. The van der Waals surface area contributed by atoms with Crippen molar-refractivity contribution in [1.29, 1.82) is 0 Å². The molecule has 0 saturated heterocycles. The van der Waals surface area contributed by atoms with Crippen molar-refractivity contribution in [2.75, 3.05) is 26.3 Å². The highest BCUT2D eigenvalue weighted by Gasteiger charge is 2.35. The lowest BCUT2D eigenvalue weighted by Gasteiger charge is -2.34. The lowest BCUT2D eigenvalue weighted by molar-refractivity contribution is 0.0616. The predicted octanol–water partition coefficient (Wildman–Crippen LogP) is 1.33. The summed E-state index contributed by atoms with van der Waals surface area (Å²) in [7, 11) is 1.98. The SMILES string of the molecule is C=CCOCC1c2nnn(C)c2CCN1CC1CC1. The molecule has 5 heteroatoms. The maximum absolute atomic E-state index is 5.68. The molecule has 1 atom stereocenters. The Morgan fingerprint density at radius 2 is 2.32 bits per heavy atom. The van der Waals surface area contributed by atoms with Gasteiger partial charge in [-0.05, 0) is 18.8 Å². The highest BCUT2D eigenvalue weighted by atomic mass is 16.5. The van der Waals surface area contributed by atoms with E-state index in [-0.39, 0.29) is 6.04 Å². The van der Waals surface area contributed by atoms with Gasteiger partial charge in [0.25, 0.3) is 0 Å². The van der Waals surface area contributed by atoms with E-state index in [9.17, 15) is 0 Å². The van der Waals surface area contributed by atoms with Gasteiger partial charge in [-0.15, -0.1) is 11.7 Å². The van der Waals surface area contributed by atoms with Crippen LogP contribution in [0.15, 0.2) is 12.7 Å². The van der Waals surface area contributed by atoms with Crippen molar-refractivity contribution in [2.24, 2.45) is 13.0 Å². The summed E-state index contributed by atoms with van der Waals surface area (Å²) >= 11 is 0.